The van der Waals surface area contributed by atoms with Crippen molar-refractivity contribution in [1.29, 1.82) is 0 Å². The van der Waals surface area contributed by atoms with Crippen molar-refractivity contribution in [3.63, 3.8) is 0 Å². The lowest BCUT2D eigenvalue weighted by Gasteiger charge is -2.20. The van der Waals surface area contributed by atoms with Crippen LogP contribution in [-0.4, -0.2) is 18.4 Å². The van der Waals surface area contributed by atoms with E-state index in [1.807, 2.05) is 19.1 Å². The van der Waals surface area contributed by atoms with E-state index in [1.54, 1.807) is 17.5 Å². The Morgan fingerprint density at radius 1 is 1.45 bits per heavy atom. The number of hydrogen-bond acceptors (Lipinski definition) is 4. The van der Waals surface area contributed by atoms with Gasteiger partial charge in [0.25, 0.3) is 11.8 Å². The maximum Gasteiger partial charge on any atom is 0.262 e. The van der Waals surface area contributed by atoms with Crippen molar-refractivity contribution in [1.82, 2.24) is 5.32 Å². The second kappa shape index (κ2) is 6.10. The minimum atomic E-state index is -0.185. The highest BCUT2D eigenvalue weighted by Gasteiger charge is 2.18. The Morgan fingerprint density at radius 2 is 2.27 bits per heavy atom. The summed E-state index contributed by atoms with van der Waals surface area (Å²) in [6, 6.07) is 7.10. The van der Waals surface area contributed by atoms with Crippen LogP contribution in [0.15, 0.2) is 33.4 Å². The summed E-state index contributed by atoms with van der Waals surface area (Å²) in [4.78, 5) is 23.5. The molecule has 0 aliphatic carbocycles. The average Bonchev–Trinajstić information content (AvgIpc) is 2.93. The molecule has 0 saturated heterocycles. The van der Waals surface area contributed by atoms with Crippen molar-refractivity contribution in [3.05, 3.63) is 44.6 Å². The van der Waals surface area contributed by atoms with E-state index in [1.165, 1.54) is 11.3 Å². The molecule has 2 N–H and O–H groups in total. The maximum absolute atomic E-state index is 12.2. The van der Waals surface area contributed by atoms with Crippen LogP contribution < -0.4 is 15.4 Å². The molecule has 1 aliphatic heterocycles. The van der Waals surface area contributed by atoms with Gasteiger partial charge in [0.05, 0.1) is 21.1 Å². The van der Waals surface area contributed by atoms with Crippen LogP contribution in [0.5, 0.6) is 5.75 Å². The number of carbonyl (C=O) groups is 2. The van der Waals surface area contributed by atoms with Gasteiger partial charge in [-0.15, -0.1) is 11.3 Å². The SMILES string of the molecule is C[C@H](NC(=O)c1csc(Br)c1)c1ccc2c(c1)NC(=O)CO2. The van der Waals surface area contributed by atoms with Crippen LogP contribution in [0.1, 0.15) is 28.9 Å². The molecule has 3 rings (SSSR count). The fourth-order valence-corrected chi connectivity index (χ4v) is 3.30. The van der Waals surface area contributed by atoms with Crippen molar-refractivity contribution in [2.75, 3.05) is 11.9 Å². The van der Waals surface area contributed by atoms with Crippen molar-refractivity contribution in [2.45, 2.75) is 13.0 Å². The number of anilines is 1. The fourth-order valence-electron chi connectivity index (χ4n) is 2.16. The minimum absolute atomic E-state index is 0.0334. The zero-order chi connectivity index (χ0) is 15.7. The Hall–Kier alpha value is -1.86. The first kappa shape index (κ1) is 15.1. The highest BCUT2D eigenvalue weighted by atomic mass is 79.9. The van der Waals surface area contributed by atoms with Crippen LogP contribution >= 0.6 is 27.3 Å². The van der Waals surface area contributed by atoms with Crippen LogP contribution in [-0.2, 0) is 4.79 Å². The number of nitrogens with one attached hydrogen (secondary N) is 2. The average molecular weight is 381 g/mol. The lowest BCUT2D eigenvalue weighted by molar-refractivity contribution is -0.118. The van der Waals surface area contributed by atoms with E-state index in [9.17, 15) is 9.59 Å². The second-order valence-corrected chi connectivity index (χ2v) is 7.22. The summed E-state index contributed by atoms with van der Waals surface area (Å²) in [7, 11) is 0. The molecule has 1 aliphatic rings. The van der Waals surface area contributed by atoms with Crippen LogP contribution in [0.25, 0.3) is 0 Å². The molecule has 1 atom stereocenters. The number of halogens is 1. The van der Waals surface area contributed by atoms with Gasteiger partial charge in [-0.25, -0.2) is 0 Å². The molecule has 0 bridgehead atoms. The van der Waals surface area contributed by atoms with Crippen molar-refractivity contribution in [2.24, 2.45) is 0 Å². The Bertz CT molecular complexity index is 744. The first-order valence-corrected chi connectivity index (χ1v) is 8.31. The summed E-state index contributed by atoms with van der Waals surface area (Å²) in [6.07, 6.45) is 0. The summed E-state index contributed by atoms with van der Waals surface area (Å²) in [6.45, 7) is 1.93. The summed E-state index contributed by atoms with van der Waals surface area (Å²) in [5, 5.41) is 7.50. The normalized spacial score (nSPS) is 14.5. The molecule has 0 radical (unpaired) electrons. The van der Waals surface area contributed by atoms with Gasteiger partial charge >= 0.3 is 0 Å². The molecule has 0 unspecified atom stereocenters. The standard InChI is InChI=1S/C15H13BrN2O3S/c1-8(17-15(20)10-5-13(16)22-7-10)9-2-3-12-11(4-9)18-14(19)6-21-12/h2-5,7-8H,6H2,1H3,(H,17,20)(H,18,19)/t8-/m0/s1. The Kier molecular flexibility index (Phi) is 4.17. The quantitative estimate of drug-likeness (QED) is 0.857. The number of carbonyl (C=O) groups excluding carboxylic acids is 2. The number of fused-ring (bicyclic) bond motifs is 1. The van der Waals surface area contributed by atoms with Gasteiger partial charge in [0.2, 0.25) is 0 Å². The number of benzene rings is 1. The van der Waals surface area contributed by atoms with E-state index in [0.717, 1.165) is 9.35 Å². The molecule has 7 heteroatoms. The molecular weight excluding hydrogens is 368 g/mol. The number of hydrogen-bond donors (Lipinski definition) is 2. The molecule has 22 heavy (non-hydrogen) atoms. The molecule has 114 valence electrons. The molecule has 0 spiro atoms. The predicted molar refractivity (Wildman–Crippen MR) is 88.5 cm³/mol. The van der Waals surface area contributed by atoms with Gasteiger partial charge in [-0.3, -0.25) is 9.59 Å². The molecule has 2 heterocycles. The van der Waals surface area contributed by atoms with Crippen molar-refractivity contribution in [3.8, 4) is 5.75 Å². The molecule has 0 fully saturated rings. The van der Waals surface area contributed by atoms with Gasteiger partial charge in [0.15, 0.2) is 6.61 Å². The lowest BCUT2D eigenvalue weighted by atomic mass is 10.1. The Morgan fingerprint density at radius 3 is 3.00 bits per heavy atom. The van der Waals surface area contributed by atoms with Crippen LogP contribution in [0.4, 0.5) is 5.69 Å². The number of rotatable bonds is 3. The summed E-state index contributed by atoms with van der Waals surface area (Å²) >= 11 is 4.81. The van der Waals surface area contributed by atoms with Gasteiger partial charge in [0, 0.05) is 5.38 Å². The van der Waals surface area contributed by atoms with E-state index < -0.39 is 0 Å². The number of amides is 2. The van der Waals surface area contributed by atoms with Crippen LogP contribution in [0, 0.1) is 0 Å². The topological polar surface area (TPSA) is 67.4 Å². The molecule has 1 aromatic heterocycles. The first-order chi connectivity index (χ1) is 10.5. The van der Waals surface area contributed by atoms with E-state index >= 15 is 0 Å². The molecule has 5 nitrogen and oxygen atoms in total. The Balaban J connectivity index is 1.75. The predicted octanol–water partition coefficient (Wildman–Crippen LogP) is 3.33. The highest BCUT2D eigenvalue weighted by molar-refractivity contribution is 9.11. The smallest absolute Gasteiger partial charge is 0.262 e. The van der Waals surface area contributed by atoms with Gasteiger partial charge in [0.1, 0.15) is 5.75 Å². The third kappa shape index (κ3) is 3.15. The summed E-state index contributed by atoms with van der Waals surface area (Å²) < 4.78 is 6.24. The Labute approximate surface area is 139 Å². The third-order valence-electron chi connectivity index (χ3n) is 3.31. The molecule has 2 aromatic rings. The molecule has 2 amide bonds. The third-order valence-corrected chi connectivity index (χ3v) is 4.82. The minimum Gasteiger partial charge on any atom is -0.482 e. The highest BCUT2D eigenvalue weighted by Crippen LogP contribution is 2.30. The zero-order valence-corrected chi connectivity index (χ0v) is 14.1. The largest absolute Gasteiger partial charge is 0.482 e. The maximum atomic E-state index is 12.2. The van der Waals surface area contributed by atoms with Crippen molar-refractivity contribution >= 4 is 44.8 Å². The number of ether oxygens (including phenoxy) is 1. The number of thiophene rings is 1. The molecule has 1 aromatic carbocycles. The van der Waals surface area contributed by atoms with Gasteiger partial charge in [-0.1, -0.05) is 6.07 Å². The van der Waals surface area contributed by atoms with E-state index in [0.29, 0.717) is 17.0 Å². The van der Waals surface area contributed by atoms with Gasteiger partial charge in [-0.05, 0) is 46.6 Å². The van der Waals surface area contributed by atoms with Gasteiger partial charge < -0.3 is 15.4 Å². The van der Waals surface area contributed by atoms with Crippen molar-refractivity contribution < 1.29 is 14.3 Å². The lowest BCUT2D eigenvalue weighted by Crippen LogP contribution is -2.27. The second-order valence-electron chi connectivity index (χ2n) is 4.93. The summed E-state index contributed by atoms with van der Waals surface area (Å²) in [5.41, 5.74) is 2.15. The van der Waals surface area contributed by atoms with Gasteiger partial charge in [-0.2, -0.15) is 0 Å². The van der Waals surface area contributed by atoms with E-state index in [-0.39, 0.29) is 24.5 Å². The van der Waals surface area contributed by atoms with E-state index in [4.69, 9.17) is 4.74 Å². The first-order valence-electron chi connectivity index (χ1n) is 6.64. The fraction of sp³-hybridized carbons (Fsp3) is 0.200. The molecule has 0 saturated carbocycles. The summed E-state index contributed by atoms with van der Waals surface area (Å²) in [5.74, 6) is 0.334. The van der Waals surface area contributed by atoms with Crippen LogP contribution in [0.3, 0.4) is 0 Å². The van der Waals surface area contributed by atoms with E-state index in [2.05, 4.69) is 26.6 Å². The monoisotopic (exact) mass is 380 g/mol. The zero-order valence-electron chi connectivity index (χ0n) is 11.7. The molecular formula is C15H13BrN2O3S. The van der Waals surface area contributed by atoms with Crippen LogP contribution in [0.2, 0.25) is 0 Å².